The van der Waals surface area contributed by atoms with Crippen molar-refractivity contribution in [2.45, 2.75) is 50.9 Å². The van der Waals surface area contributed by atoms with Crippen molar-refractivity contribution in [2.75, 3.05) is 54.1 Å². The summed E-state index contributed by atoms with van der Waals surface area (Å²) in [4.78, 5) is 5.84. The van der Waals surface area contributed by atoms with Gasteiger partial charge in [0, 0.05) is 29.8 Å². The van der Waals surface area contributed by atoms with Crippen LogP contribution in [0.1, 0.15) is 66.6 Å². The zero-order valence-electron chi connectivity index (χ0n) is 30.0. The normalized spacial score (nSPS) is 16.2. The molecule has 4 aromatic rings. The smallest absolute Gasteiger partial charge is 0.203 e. The fourth-order valence-corrected chi connectivity index (χ4v) is 6.32. The van der Waals surface area contributed by atoms with E-state index in [-0.39, 0.29) is 12.3 Å². The van der Waals surface area contributed by atoms with Crippen LogP contribution < -0.4 is 43.8 Å². The number of hydrogen-bond acceptors (Lipinski definition) is 11. The first kappa shape index (κ1) is 35.5. The van der Waals surface area contributed by atoms with Crippen molar-refractivity contribution < 1.29 is 38.0 Å². The largest absolute Gasteiger partial charge is 0.493 e. The third-order valence-electron chi connectivity index (χ3n) is 9.11. The molecule has 0 fully saturated rings. The predicted octanol–water partition coefficient (Wildman–Crippen LogP) is 7.83. The second-order valence-corrected chi connectivity index (χ2v) is 12.3. The molecule has 2 atom stereocenters. The van der Waals surface area contributed by atoms with Crippen molar-refractivity contribution in [2.24, 2.45) is 5.16 Å². The fourth-order valence-electron chi connectivity index (χ4n) is 6.32. The molecule has 4 aromatic carbocycles. The molecule has 2 aliphatic heterocycles. The van der Waals surface area contributed by atoms with E-state index in [4.69, 9.17) is 38.0 Å². The number of methoxy groups -OCH3 is 5. The minimum atomic E-state index is -0.292. The van der Waals surface area contributed by atoms with Gasteiger partial charge in [0.15, 0.2) is 40.6 Å². The number of hydrogen-bond donors (Lipinski definition) is 2. The van der Waals surface area contributed by atoms with Crippen LogP contribution in [0.3, 0.4) is 0 Å². The Balaban J connectivity index is 0.945. The maximum absolute atomic E-state index is 6.19. The van der Waals surface area contributed by atoms with E-state index in [1.54, 1.807) is 35.5 Å². The van der Waals surface area contributed by atoms with Crippen LogP contribution in [0.4, 0.5) is 5.69 Å². The number of fused-ring (bicyclic) bond motifs is 1. The standard InChI is InChI=1S/C40H47N3O8/c1-44-32-16-14-26(31-24-34(51-43-31)29-22-37(46-3)39(48-5)38(23-29)47-4)20-36(32)50-19-11-7-6-10-18-49-33-17-15-27(21-35(33)45-2)40-41-25-28-12-8-9-13-30(28)42-40/h8-9,12-17,20-23,34,40-42H,6-7,10-11,18-19,24-25H2,1-5H3. The highest BCUT2D eigenvalue weighted by Gasteiger charge is 2.27. The topological polar surface area (TPSA) is 110 Å². The van der Waals surface area contributed by atoms with Crippen molar-refractivity contribution in [1.82, 2.24) is 5.32 Å². The first-order chi connectivity index (χ1) is 25.0. The molecule has 2 aliphatic rings. The Labute approximate surface area is 299 Å². The summed E-state index contributed by atoms with van der Waals surface area (Å²) in [5, 5.41) is 11.5. The summed E-state index contributed by atoms with van der Waals surface area (Å²) in [6, 6.07) is 24.1. The van der Waals surface area contributed by atoms with Crippen molar-refractivity contribution in [3.8, 4) is 40.2 Å². The Bertz CT molecular complexity index is 1790. The fraction of sp³-hybridized carbons (Fsp3) is 0.375. The van der Waals surface area contributed by atoms with Crippen LogP contribution in [0, 0.1) is 0 Å². The van der Waals surface area contributed by atoms with Gasteiger partial charge in [-0.3, -0.25) is 5.32 Å². The Morgan fingerprint density at radius 3 is 2.02 bits per heavy atom. The molecule has 0 saturated heterocycles. The molecule has 0 aromatic heterocycles. The summed E-state index contributed by atoms with van der Waals surface area (Å²) in [5.74, 6) is 4.50. The van der Waals surface area contributed by atoms with Gasteiger partial charge in [-0.2, -0.15) is 0 Å². The van der Waals surface area contributed by atoms with E-state index in [1.807, 2.05) is 48.5 Å². The van der Waals surface area contributed by atoms with Crippen LogP contribution in [0.2, 0.25) is 0 Å². The molecule has 11 nitrogen and oxygen atoms in total. The zero-order chi connectivity index (χ0) is 35.6. The predicted molar refractivity (Wildman–Crippen MR) is 196 cm³/mol. The summed E-state index contributed by atoms with van der Waals surface area (Å²) in [5.41, 5.74) is 6.12. The zero-order valence-corrected chi connectivity index (χ0v) is 30.0. The summed E-state index contributed by atoms with van der Waals surface area (Å²) < 4.78 is 40.1. The van der Waals surface area contributed by atoms with Crippen LogP contribution in [-0.4, -0.2) is 54.5 Å². The second-order valence-electron chi connectivity index (χ2n) is 12.3. The highest BCUT2D eigenvalue weighted by atomic mass is 16.6. The van der Waals surface area contributed by atoms with Gasteiger partial charge in [0.05, 0.1) is 54.5 Å². The van der Waals surface area contributed by atoms with Gasteiger partial charge in [0.1, 0.15) is 6.17 Å². The Kier molecular flexibility index (Phi) is 11.9. The number of nitrogens with one attached hydrogen (secondary N) is 2. The van der Waals surface area contributed by atoms with Crippen molar-refractivity contribution in [1.29, 1.82) is 0 Å². The van der Waals surface area contributed by atoms with Gasteiger partial charge < -0.3 is 43.3 Å². The lowest BCUT2D eigenvalue weighted by Crippen LogP contribution is -2.32. The summed E-state index contributed by atoms with van der Waals surface area (Å²) in [6.07, 6.45) is 4.16. The van der Waals surface area contributed by atoms with Gasteiger partial charge in [-0.1, -0.05) is 29.4 Å². The number of nitrogens with zero attached hydrogens (tertiary/aromatic N) is 1. The van der Waals surface area contributed by atoms with Crippen LogP contribution in [0.15, 0.2) is 78.0 Å². The molecule has 0 aliphatic carbocycles. The number of anilines is 1. The monoisotopic (exact) mass is 697 g/mol. The van der Waals surface area contributed by atoms with Crippen LogP contribution in [0.25, 0.3) is 0 Å². The molecule has 51 heavy (non-hydrogen) atoms. The van der Waals surface area contributed by atoms with E-state index >= 15 is 0 Å². The molecule has 270 valence electrons. The summed E-state index contributed by atoms with van der Waals surface area (Å²) in [6.45, 7) is 1.99. The Morgan fingerprint density at radius 1 is 0.647 bits per heavy atom. The number of ether oxygens (including phenoxy) is 7. The molecule has 0 amide bonds. The number of benzene rings is 4. The van der Waals surface area contributed by atoms with Gasteiger partial charge in [0.2, 0.25) is 5.75 Å². The van der Waals surface area contributed by atoms with Gasteiger partial charge in [0.25, 0.3) is 0 Å². The lowest BCUT2D eigenvalue weighted by atomic mass is 9.99. The lowest BCUT2D eigenvalue weighted by Gasteiger charge is -2.29. The van der Waals surface area contributed by atoms with Gasteiger partial charge in [-0.25, -0.2) is 0 Å². The number of para-hydroxylation sites is 1. The van der Waals surface area contributed by atoms with E-state index < -0.39 is 0 Å². The van der Waals surface area contributed by atoms with Crippen LogP contribution >= 0.6 is 0 Å². The molecule has 0 radical (unpaired) electrons. The van der Waals surface area contributed by atoms with Gasteiger partial charge in [-0.05, 0) is 85.3 Å². The summed E-state index contributed by atoms with van der Waals surface area (Å²) >= 11 is 0. The molecule has 2 N–H and O–H groups in total. The van der Waals surface area contributed by atoms with E-state index in [0.717, 1.165) is 71.8 Å². The molecule has 2 unspecified atom stereocenters. The molecule has 0 bridgehead atoms. The lowest BCUT2D eigenvalue weighted by molar-refractivity contribution is 0.0853. The molecule has 0 spiro atoms. The third-order valence-corrected chi connectivity index (χ3v) is 9.11. The first-order valence-corrected chi connectivity index (χ1v) is 17.3. The molecule has 6 rings (SSSR count). The van der Waals surface area contributed by atoms with E-state index in [0.29, 0.717) is 48.4 Å². The van der Waals surface area contributed by atoms with Crippen LogP contribution in [0.5, 0.6) is 40.2 Å². The second kappa shape index (κ2) is 17.1. The quantitative estimate of drug-likeness (QED) is 0.106. The SMILES string of the molecule is COc1cc(C2NCc3ccccc3N2)ccc1OCCCCCCOc1cc(C2=NOC(c3cc(OC)c(OC)c(OC)c3)C2)ccc1OC. The Morgan fingerprint density at radius 2 is 1.31 bits per heavy atom. The minimum Gasteiger partial charge on any atom is -0.493 e. The third kappa shape index (κ3) is 8.37. The average molecular weight is 698 g/mol. The first-order valence-electron chi connectivity index (χ1n) is 17.3. The van der Waals surface area contributed by atoms with E-state index in [1.165, 1.54) is 5.56 Å². The highest BCUT2D eigenvalue weighted by Crippen LogP contribution is 2.42. The Hall–Kier alpha value is -5.29. The van der Waals surface area contributed by atoms with E-state index in [9.17, 15) is 0 Å². The van der Waals surface area contributed by atoms with Gasteiger partial charge in [-0.15, -0.1) is 0 Å². The highest BCUT2D eigenvalue weighted by molar-refractivity contribution is 6.01. The minimum absolute atomic E-state index is 0.00518. The maximum atomic E-state index is 6.19. The number of rotatable bonds is 17. The van der Waals surface area contributed by atoms with E-state index in [2.05, 4.69) is 40.1 Å². The maximum Gasteiger partial charge on any atom is 0.203 e. The summed E-state index contributed by atoms with van der Waals surface area (Å²) in [7, 11) is 8.09. The molecular formula is C40H47N3O8. The van der Waals surface area contributed by atoms with Crippen molar-refractivity contribution in [3.05, 3.63) is 95.1 Å². The average Bonchev–Trinajstić information content (AvgIpc) is 3.68. The molecule has 11 heteroatoms. The number of oxime groups is 1. The molecule has 2 heterocycles. The molecular weight excluding hydrogens is 650 g/mol. The van der Waals surface area contributed by atoms with Crippen LogP contribution in [-0.2, 0) is 11.4 Å². The molecule has 0 saturated carbocycles. The van der Waals surface area contributed by atoms with Crippen molar-refractivity contribution in [3.63, 3.8) is 0 Å². The van der Waals surface area contributed by atoms with Crippen molar-refractivity contribution >= 4 is 11.4 Å². The number of unbranched alkanes of at least 4 members (excludes halogenated alkanes) is 3. The van der Waals surface area contributed by atoms with Gasteiger partial charge >= 0.3 is 0 Å².